The molecular weight excluding hydrogens is 302 g/mol. The smallest absolute Gasteiger partial charge is 0.254 e. The van der Waals surface area contributed by atoms with E-state index in [1.54, 1.807) is 12.4 Å². The summed E-state index contributed by atoms with van der Waals surface area (Å²) < 4.78 is 5.79. The van der Waals surface area contributed by atoms with Crippen molar-refractivity contribution in [3.05, 3.63) is 59.9 Å². The van der Waals surface area contributed by atoms with Gasteiger partial charge in [0.2, 0.25) is 0 Å². The molecular formula is C19H23N3O2. The SMILES string of the molecule is CNC1CCCN(C(=O)c2cccc(OCc3cccnc3)c2)C1. The van der Waals surface area contributed by atoms with E-state index in [4.69, 9.17) is 4.74 Å². The third-order valence-corrected chi connectivity index (χ3v) is 4.33. The molecule has 2 heterocycles. The summed E-state index contributed by atoms with van der Waals surface area (Å²) in [5, 5.41) is 3.27. The lowest BCUT2D eigenvalue weighted by Gasteiger charge is -2.32. The first kappa shape index (κ1) is 16.5. The van der Waals surface area contributed by atoms with Crippen LogP contribution in [0.25, 0.3) is 0 Å². The van der Waals surface area contributed by atoms with E-state index >= 15 is 0 Å². The summed E-state index contributed by atoms with van der Waals surface area (Å²) in [6, 6.07) is 11.6. The van der Waals surface area contributed by atoms with Gasteiger partial charge in [-0.1, -0.05) is 12.1 Å². The van der Waals surface area contributed by atoms with Crippen molar-refractivity contribution >= 4 is 5.91 Å². The summed E-state index contributed by atoms with van der Waals surface area (Å²) in [6.45, 7) is 2.02. The van der Waals surface area contributed by atoms with E-state index in [1.807, 2.05) is 48.3 Å². The zero-order valence-electron chi connectivity index (χ0n) is 13.9. The highest BCUT2D eigenvalue weighted by Gasteiger charge is 2.23. The van der Waals surface area contributed by atoms with Crippen LogP contribution in [-0.2, 0) is 6.61 Å². The van der Waals surface area contributed by atoms with E-state index in [1.165, 1.54) is 0 Å². The number of ether oxygens (including phenoxy) is 1. The molecule has 1 N–H and O–H groups in total. The molecule has 1 saturated heterocycles. The Bertz CT molecular complexity index is 675. The Hall–Kier alpha value is -2.40. The number of piperidine rings is 1. The molecule has 0 saturated carbocycles. The second-order valence-corrected chi connectivity index (χ2v) is 6.06. The van der Waals surface area contributed by atoms with E-state index in [9.17, 15) is 4.79 Å². The minimum absolute atomic E-state index is 0.0711. The number of rotatable bonds is 5. The lowest BCUT2D eigenvalue weighted by atomic mass is 10.0. The molecule has 0 radical (unpaired) electrons. The van der Waals surface area contributed by atoms with E-state index in [0.29, 0.717) is 24.0 Å². The molecule has 1 fully saturated rings. The van der Waals surface area contributed by atoms with Gasteiger partial charge in [-0.15, -0.1) is 0 Å². The van der Waals surface area contributed by atoms with Gasteiger partial charge in [0.25, 0.3) is 5.91 Å². The summed E-state index contributed by atoms with van der Waals surface area (Å²) in [5.74, 6) is 0.772. The highest BCUT2D eigenvalue weighted by Crippen LogP contribution is 2.19. The molecule has 126 valence electrons. The first-order valence-electron chi connectivity index (χ1n) is 8.34. The largest absolute Gasteiger partial charge is 0.489 e. The molecule has 24 heavy (non-hydrogen) atoms. The van der Waals surface area contributed by atoms with Gasteiger partial charge in [0.1, 0.15) is 12.4 Å². The van der Waals surface area contributed by atoms with Crippen molar-refractivity contribution in [1.82, 2.24) is 15.2 Å². The Balaban J connectivity index is 1.65. The number of aromatic nitrogens is 1. The molecule has 1 aliphatic rings. The molecule has 0 spiro atoms. The summed E-state index contributed by atoms with van der Waals surface area (Å²) in [6.07, 6.45) is 5.67. The number of benzene rings is 1. The number of likely N-dealkylation sites (N-methyl/N-ethyl adjacent to an activating group) is 1. The summed E-state index contributed by atoms with van der Waals surface area (Å²) >= 11 is 0. The van der Waals surface area contributed by atoms with Gasteiger partial charge >= 0.3 is 0 Å². The van der Waals surface area contributed by atoms with Crippen molar-refractivity contribution in [2.24, 2.45) is 0 Å². The molecule has 0 bridgehead atoms. The average Bonchev–Trinajstić information content (AvgIpc) is 2.67. The summed E-state index contributed by atoms with van der Waals surface area (Å²) in [4.78, 5) is 18.7. The normalized spacial score (nSPS) is 17.5. The number of amides is 1. The number of likely N-dealkylation sites (tertiary alicyclic amines) is 1. The van der Waals surface area contributed by atoms with Gasteiger partial charge in [0.05, 0.1) is 0 Å². The molecule has 1 amide bonds. The zero-order valence-corrected chi connectivity index (χ0v) is 13.9. The monoisotopic (exact) mass is 325 g/mol. The summed E-state index contributed by atoms with van der Waals surface area (Å²) in [5.41, 5.74) is 1.68. The van der Waals surface area contributed by atoms with Crippen molar-refractivity contribution in [3.8, 4) is 5.75 Å². The van der Waals surface area contributed by atoms with E-state index in [-0.39, 0.29) is 5.91 Å². The van der Waals surface area contributed by atoms with E-state index < -0.39 is 0 Å². The Labute approximate surface area is 142 Å². The topological polar surface area (TPSA) is 54.5 Å². The molecule has 0 aliphatic carbocycles. The highest BCUT2D eigenvalue weighted by molar-refractivity contribution is 5.94. The fraction of sp³-hybridized carbons (Fsp3) is 0.368. The van der Waals surface area contributed by atoms with Crippen molar-refractivity contribution in [2.45, 2.75) is 25.5 Å². The third kappa shape index (κ3) is 4.11. The summed E-state index contributed by atoms with van der Waals surface area (Å²) in [7, 11) is 1.95. The first-order chi connectivity index (χ1) is 11.8. The predicted octanol–water partition coefficient (Wildman–Crippen LogP) is 2.48. The Morgan fingerprint density at radius 3 is 3.08 bits per heavy atom. The highest BCUT2D eigenvalue weighted by atomic mass is 16.5. The molecule has 1 aliphatic heterocycles. The first-order valence-corrected chi connectivity index (χ1v) is 8.34. The zero-order chi connectivity index (χ0) is 16.8. The lowest BCUT2D eigenvalue weighted by Crippen LogP contribution is -2.46. The van der Waals surface area contributed by atoms with Crippen LogP contribution in [0.3, 0.4) is 0 Å². The van der Waals surface area contributed by atoms with Crippen molar-refractivity contribution in [3.63, 3.8) is 0 Å². The molecule has 2 aromatic rings. The lowest BCUT2D eigenvalue weighted by molar-refractivity contribution is 0.0697. The van der Waals surface area contributed by atoms with Gasteiger partial charge in [-0.05, 0) is 44.2 Å². The number of hydrogen-bond acceptors (Lipinski definition) is 4. The fourth-order valence-corrected chi connectivity index (χ4v) is 2.95. The van der Waals surface area contributed by atoms with Gasteiger partial charge in [0.15, 0.2) is 0 Å². The Morgan fingerprint density at radius 2 is 2.29 bits per heavy atom. The third-order valence-electron chi connectivity index (χ3n) is 4.33. The molecule has 1 unspecified atom stereocenters. The number of pyridine rings is 1. The van der Waals surface area contributed by atoms with Gasteiger partial charge in [0, 0.05) is 42.7 Å². The van der Waals surface area contributed by atoms with Crippen LogP contribution >= 0.6 is 0 Å². The predicted molar refractivity (Wildman–Crippen MR) is 93.0 cm³/mol. The number of nitrogens with zero attached hydrogens (tertiary/aromatic N) is 2. The minimum Gasteiger partial charge on any atom is -0.489 e. The van der Waals surface area contributed by atoms with Gasteiger partial charge in [-0.3, -0.25) is 9.78 Å². The van der Waals surface area contributed by atoms with E-state index in [2.05, 4.69) is 10.3 Å². The number of hydrogen-bond donors (Lipinski definition) is 1. The van der Waals surface area contributed by atoms with Crippen molar-refractivity contribution in [2.75, 3.05) is 20.1 Å². The maximum absolute atomic E-state index is 12.7. The van der Waals surface area contributed by atoms with Crippen LogP contribution in [0.15, 0.2) is 48.8 Å². The molecule has 5 nitrogen and oxygen atoms in total. The second kappa shape index (κ2) is 7.93. The second-order valence-electron chi connectivity index (χ2n) is 6.06. The molecule has 5 heteroatoms. The van der Waals surface area contributed by atoms with E-state index in [0.717, 1.165) is 31.5 Å². The van der Waals surface area contributed by atoms with Crippen LogP contribution in [0.1, 0.15) is 28.8 Å². The Morgan fingerprint density at radius 1 is 1.38 bits per heavy atom. The maximum Gasteiger partial charge on any atom is 0.254 e. The number of carbonyl (C=O) groups is 1. The van der Waals surface area contributed by atoms with Gasteiger partial charge in [-0.25, -0.2) is 0 Å². The number of nitrogens with one attached hydrogen (secondary N) is 1. The van der Waals surface area contributed by atoms with Gasteiger partial charge in [-0.2, -0.15) is 0 Å². The standard InChI is InChI=1S/C19H23N3O2/c1-20-17-7-4-10-22(13-17)19(23)16-6-2-8-18(11-16)24-14-15-5-3-9-21-12-15/h2-3,5-6,8-9,11-12,17,20H,4,7,10,13-14H2,1H3. The number of carbonyl (C=O) groups excluding carboxylic acids is 1. The quantitative estimate of drug-likeness (QED) is 0.918. The van der Waals surface area contributed by atoms with Crippen LogP contribution in [0.2, 0.25) is 0 Å². The van der Waals surface area contributed by atoms with Crippen molar-refractivity contribution in [1.29, 1.82) is 0 Å². The minimum atomic E-state index is 0.0711. The maximum atomic E-state index is 12.7. The van der Waals surface area contributed by atoms with Crippen LogP contribution in [0, 0.1) is 0 Å². The van der Waals surface area contributed by atoms with Gasteiger partial charge < -0.3 is 15.0 Å². The van der Waals surface area contributed by atoms with Crippen molar-refractivity contribution < 1.29 is 9.53 Å². The van der Waals surface area contributed by atoms with Crippen LogP contribution in [0.5, 0.6) is 5.75 Å². The van der Waals surface area contributed by atoms with Crippen LogP contribution in [-0.4, -0.2) is 42.0 Å². The fourth-order valence-electron chi connectivity index (χ4n) is 2.95. The molecule has 1 atom stereocenters. The molecule has 3 rings (SSSR count). The van der Waals surface area contributed by atoms with Crippen LogP contribution < -0.4 is 10.1 Å². The molecule has 1 aromatic carbocycles. The average molecular weight is 325 g/mol. The molecule has 1 aromatic heterocycles. The van der Waals surface area contributed by atoms with Crippen LogP contribution in [0.4, 0.5) is 0 Å². The Kier molecular flexibility index (Phi) is 5.43.